The van der Waals surface area contributed by atoms with Crippen LogP contribution in [0.4, 0.5) is 24.7 Å². The normalized spacial score (nSPS) is 11.1. The Hall–Kier alpha value is -3.29. The molecule has 8 heteroatoms. The van der Waals surface area contributed by atoms with Gasteiger partial charge in [-0.15, -0.1) is 0 Å². The van der Waals surface area contributed by atoms with E-state index in [2.05, 4.69) is 15.3 Å². The van der Waals surface area contributed by atoms with Crippen molar-refractivity contribution in [3.05, 3.63) is 60.3 Å². The molecule has 0 saturated heterocycles. The first kappa shape index (κ1) is 18.5. The second-order valence-electron chi connectivity index (χ2n) is 5.52. The summed E-state index contributed by atoms with van der Waals surface area (Å²) < 4.78 is 50.2. The second kappa shape index (κ2) is 7.53. The Kier molecular flexibility index (Phi) is 5.16. The van der Waals surface area contributed by atoms with Gasteiger partial charge in [-0.2, -0.15) is 13.2 Å². The lowest BCUT2D eigenvalue weighted by molar-refractivity contribution is -0.141. The summed E-state index contributed by atoms with van der Waals surface area (Å²) in [7, 11) is 2.97. The molecule has 0 aliphatic rings. The fraction of sp³-hybridized carbons (Fsp3) is 0.158. The number of anilines is 2. The molecule has 0 radical (unpaired) electrons. The van der Waals surface area contributed by atoms with Crippen LogP contribution in [0.3, 0.4) is 0 Å². The van der Waals surface area contributed by atoms with E-state index in [-0.39, 0.29) is 11.6 Å². The maximum atomic E-state index is 13.3. The van der Waals surface area contributed by atoms with Gasteiger partial charge in [0, 0.05) is 23.4 Å². The standard InChI is InChI=1S/C19H16F3N3O2/c1-26-14-9-8-13(10-15(14)27-2)23-17-11-16(19(20,21)22)24-18(25-17)12-6-4-3-5-7-12/h3-11H,1-2H3,(H,23,24,25). The van der Waals surface area contributed by atoms with Crippen LogP contribution in [-0.2, 0) is 6.18 Å². The highest BCUT2D eigenvalue weighted by atomic mass is 19.4. The Morgan fingerprint density at radius 1 is 0.852 bits per heavy atom. The van der Waals surface area contributed by atoms with Crippen molar-refractivity contribution in [1.29, 1.82) is 0 Å². The van der Waals surface area contributed by atoms with Gasteiger partial charge in [-0.1, -0.05) is 30.3 Å². The second-order valence-corrected chi connectivity index (χ2v) is 5.52. The van der Waals surface area contributed by atoms with E-state index in [0.717, 1.165) is 6.07 Å². The van der Waals surface area contributed by atoms with Gasteiger partial charge in [0.1, 0.15) is 5.82 Å². The van der Waals surface area contributed by atoms with Crippen LogP contribution < -0.4 is 14.8 Å². The molecule has 0 aliphatic heterocycles. The molecule has 0 bridgehead atoms. The van der Waals surface area contributed by atoms with E-state index >= 15 is 0 Å². The fourth-order valence-electron chi connectivity index (χ4n) is 2.43. The fourth-order valence-corrected chi connectivity index (χ4v) is 2.43. The number of benzene rings is 2. The molecule has 27 heavy (non-hydrogen) atoms. The Morgan fingerprint density at radius 3 is 2.19 bits per heavy atom. The highest BCUT2D eigenvalue weighted by molar-refractivity contribution is 5.64. The van der Waals surface area contributed by atoms with Crippen LogP contribution in [0.25, 0.3) is 11.4 Å². The van der Waals surface area contributed by atoms with Crippen LogP contribution in [0, 0.1) is 0 Å². The molecule has 0 atom stereocenters. The van der Waals surface area contributed by atoms with E-state index in [1.165, 1.54) is 14.2 Å². The predicted molar refractivity (Wildman–Crippen MR) is 95.3 cm³/mol. The van der Waals surface area contributed by atoms with Gasteiger partial charge in [0.25, 0.3) is 0 Å². The molecule has 3 aromatic rings. The van der Waals surface area contributed by atoms with Gasteiger partial charge in [-0.25, -0.2) is 9.97 Å². The Bertz CT molecular complexity index is 931. The van der Waals surface area contributed by atoms with Crippen LogP contribution in [-0.4, -0.2) is 24.2 Å². The molecule has 5 nitrogen and oxygen atoms in total. The molecule has 0 unspecified atom stereocenters. The molecule has 3 rings (SSSR count). The smallest absolute Gasteiger partial charge is 0.433 e. The monoisotopic (exact) mass is 375 g/mol. The van der Waals surface area contributed by atoms with Crippen molar-refractivity contribution < 1.29 is 22.6 Å². The predicted octanol–water partition coefficient (Wildman–Crippen LogP) is 4.92. The summed E-state index contributed by atoms with van der Waals surface area (Å²) in [4.78, 5) is 7.87. The molecule has 0 aliphatic carbocycles. The number of nitrogens with one attached hydrogen (secondary N) is 1. The summed E-state index contributed by atoms with van der Waals surface area (Å²) >= 11 is 0. The average Bonchev–Trinajstić information content (AvgIpc) is 2.67. The van der Waals surface area contributed by atoms with E-state index < -0.39 is 11.9 Å². The molecule has 0 amide bonds. The van der Waals surface area contributed by atoms with Crippen molar-refractivity contribution in [2.24, 2.45) is 0 Å². The highest BCUT2D eigenvalue weighted by Crippen LogP contribution is 2.33. The Morgan fingerprint density at radius 2 is 1.56 bits per heavy atom. The third kappa shape index (κ3) is 4.28. The number of ether oxygens (including phenoxy) is 2. The van der Waals surface area contributed by atoms with Crippen LogP contribution in [0.15, 0.2) is 54.6 Å². The molecule has 0 spiro atoms. The van der Waals surface area contributed by atoms with E-state index in [9.17, 15) is 13.2 Å². The van der Waals surface area contributed by atoms with Crippen molar-refractivity contribution >= 4 is 11.5 Å². The average molecular weight is 375 g/mol. The van der Waals surface area contributed by atoms with E-state index in [0.29, 0.717) is 22.7 Å². The molecule has 140 valence electrons. The molecule has 2 aromatic carbocycles. The van der Waals surface area contributed by atoms with Gasteiger partial charge < -0.3 is 14.8 Å². The maximum absolute atomic E-state index is 13.3. The lowest BCUT2D eigenvalue weighted by Gasteiger charge is -2.13. The van der Waals surface area contributed by atoms with Gasteiger partial charge in [0.2, 0.25) is 0 Å². The van der Waals surface area contributed by atoms with Gasteiger partial charge in [0.05, 0.1) is 14.2 Å². The molecule has 1 aromatic heterocycles. The number of aromatic nitrogens is 2. The molecule has 1 N–H and O–H groups in total. The van der Waals surface area contributed by atoms with Gasteiger partial charge in [-0.3, -0.25) is 0 Å². The number of hydrogen-bond donors (Lipinski definition) is 1. The summed E-state index contributed by atoms with van der Waals surface area (Å²) in [6, 6.07) is 14.2. The van der Waals surface area contributed by atoms with Gasteiger partial charge >= 0.3 is 6.18 Å². The Labute approximate surface area is 153 Å². The molecular weight excluding hydrogens is 359 g/mol. The zero-order chi connectivity index (χ0) is 19.4. The van der Waals surface area contributed by atoms with Crippen molar-refractivity contribution in [3.63, 3.8) is 0 Å². The van der Waals surface area contributed by atoms with Gasteiger partial charge in [-0.05, 0) is 12.1 Å². The Balaban J connectivity index is 2.02. The minimum atomic E-state index is -4.60. The van der Waals surface area contributed by atoms with Crippen LogP contribution >= 0.6 is 0 Å². The number of alkyl halides is 3. The van der Waals surface area contributed by atoms with E-state index in [4.69, 9.17) is 9.47 Å². The minimum absolute atomic E-state index is 0.0170. The third-order valence-corrected chi connectivity index (χ3v) is 3.70. The van der Waals surface area contributed by atoms with Crippen LogP contribution in [0.5, 0.6) is 11.5 Å². The summed E-state index contributed by atoms with van der Waals surface area (Å²) in [6.07, 6.45) is -4.60. The van der Waals surface area contributed by atoms with E-state index in [1.807, 2.05) is 0 Å². The van der Waals surface area contributed by atoms with Gasteiger partial charge in [0.15, 0.2) is 23.0 Å². The number of hydrogen-bond acceptors (Lipinski definition) is 5. The first-order chi connectivity index (χ1) is 12.9. The van der Waals surface area contributed by atoms with Crippen molar-refractivity contribution in [1.82, 2.24) is 9.97 Å². The largest absolute Gasteiger partial charge is 0.493 e. The topological polar surface area (TPSA) is 56.3 Å². The SMILES string of the molecule is COc1ccc(Nc2cc(C(F)(F)F)nc(-c3ccccc3)n2)cc1OC. The number of rotatable bonds is 5. The summed E-state index contributed by atoms with van der Waals surface area (Å²) in [5.74, 6) is 0.944. The number of halogens is 3. The van der Waals surface area contributed by atoms with E-state index in [1.54, 1.807) is 48.5 Å². The van der Waals surface area contributed by atoms with Crippen LogP contribution in [0.2, 0.25) is 0 Å². The molecular formula is C19H16F3N3O2. The molecule has 0 fully saturated rings. The lowest BCUT2D eigenvalue weighted by atomic mass is 10.2. The van der Waals surface area contributed by atoms with Crippen LogP contribution in [0.1, 0.15) is 5.69 Å². The lowest BCUT2D eigenvalue weighted by Crippen LogP contribution is -2.11. The zero-order valence-corrected chi connectivity index (χ0v) is 14.5. The van der Waals surface area contributed by atoms with Crippen molar-refractivity contribution in [3.8, 4) is 22.9 Å². The van der Waals surface area contributed by atoms with Crippen molar-refractivity contribution in [2.75, 3.05) is 19.5 Å². The highest BCUT2D eigenvalue weighted by Gasteiger charge is 2.33. The first-order valence-corrected chi connectivity index (χ1v) is 7.91. The molecule has 0 saturated carbocycles. The summed E-state index contributed by atoms with van der Waals surface area (Å²) in [5, 5.41) is 2.87. The minimum Gasteiger partial charge on any atom is -0.493 e. The van der Waals surface area contributed by atoms with Crippen molar-refractivity contribution in [2.45, 2.75) is 6.18 Å². The maximum Gasteiger partial charge on any atom is 0.433 e. The quantitative estimate of drug-likeness (QED) is 0.686. The zero-order valence-electron chi connectivity index (χ0n) is 14.5. The number of nitrogens with zero attached hydrogens (tertiary/aromatic N) is 2. The summed E-state index contributed by atoms with van der Waals surface area (Å²) in [5.41, 5.74) is -0.0447. The summed E-state index contributed by atoms with van der Waals surface area (Å²) in [6.45, 7) is 0. The molecule has 1 heterocycles. The third-order valence-electron chi connectivity index (χ3n) is 3.70. The first-order valence-electron chi connectivity index (χ1n) is 7.91. The number of methoxy groups -OCH3 is 2.